The third-order valence-electron chi connectivity index (χ3n) is 3.39. The minimum absolute atomic E-state index is 0.00870. The zero-order valence-corrected chi connectivity index (χ0v) is 13.1. The highest BCUT2D eigenvalue weighted by molar-refractivity contribution is 5.99. The molecule has 2 N–H and O–H groups in total. The van der Waals surface area contributed by atoms with Gasteiger partial charge in [0.05, 0.1) is 5.56 Å². The number of nitrogens with one attached hydrogen (secondary N) is 2. The van der Waals surface area contributed by atoms with Crippen LogP contribution in [0.3, 0.4) is 0 Å². The van der Waals surface area contributed by atoms with Crippen LogP contribution < -0.4 is 10.6 Å². The number of aryl methyl sites for hydroxylation is 1. The molecule has 1 amide bonds. The molecule has 0 heterocycles. The van der Waals surface area contributed by atoms with Gasteiger partial charge in [-0.05, 0) is 38.6 Å². The van der Waals surface area contributed by atoms with Crippen LogP contribution in [0.15, 0.2) is 18.2 Å². The van der Waals surface area contributed by atoms with E-state index in [-0.39, 0.29) is 5.91 Å². The van der Waals surface area contributed by atoms with E-state index >= 15 is 0 Å². The maximum Gasteiger partial charge on any atom is 0.253 e. The van der Waals surface area contributed by atoms with Gasteiger partial charge < -0.3 is 15.5 Å². The maximum absolute atomic E-state index is 12.2. The second-order valence-electron chi connectivity index (χ2n) is 4.99. The lowest BCUT2D eigenvalue weighted by Crippen LogP contribution is -2.35. The number of amides is 1. The fraction of sp³-hybridized carbons (Fsp3) is 0.562. The smallest absolute Gasteiger partial charge is 0.253 e. The number of nitrogens with zero attached hydrogens (tertiary/aromatic N) is 1. The van der Waals surface area contributed by atoms with Crippen molar-refractivity contribution in [2.75, 3.05) is 38.5 Å². The zero-order chi connectivity index (χ0) is 15.0. The van der Waals surface area contributed by atoms with Gasteiger partial charge in [0.1, 0.15) is 0 Å². The molecular formula is C16H27N3O. The van der Waals surface area contributed by atoms with Gasteiger partial charge in [0, 0.05) is 25.8 Å². The first kappa shape index (κ1) is 16.5. The van der Waals surface area contributed by atoms with Crippen molar-refractivity contribution >= 4 is 11.6 Å². The van der Waals surface area contributed by atoms with E-state index in [1.807, 2.05) is 32.2 Å². The molecule has 0 saturated heterocycles. The summed E-state index contributed by atoms with van der Waals surface area (Å²) in [6.45, 7) is 10.0. The molecule has 0 unspecified atom stereocenters. The monoisotopic (exact) mass is 277 g/mol. The SMILES string of the molecule is CCCN(CC)CCNC(=O)c1cc(C)ccc1NC. The topological polar surface area (TPSA) is 44.4 Å². The van der Waals surface area contributed by atoms with Crippen LogP contribution in [0.5, 0.6) is 0 Å². The summed E-state index contributed by atoms with van der Waals surface area (Å²) in [7, 11) is 1.83. The Morgan fingerprint density at radius 3 is 2.60 bits per heavy atom. The number of likely N-dealkylation sites (N-methyl/N-ethyl adjacent to an activating group) is 1. The van der Waals surface area contributed by atoms with Crippen molar-refractivity contribution in [2.24, 2.45) is 0 Å². The fourth-order valence-electron chi connectivity index (χ4n) is 2.23. The summed E-state index contributed by atoms with van der Waals surface area (Å²) in [4.78, 5) is 14.6. The zero-order valence-electron chi connectivity index (χ0n) is 13.1. The molecule has 0 aliphatic carbocycles. The van der Waals surface area contributed by atoms with Crippen LogP contribution in [0.1, 0.15) is 36.2 Å². The maximum atomic E-state index is 12.2. The summed E-state index contributed by atoms with van der Waals surface area (Å²) >= 11 is 0. The van der Waals surface area contributed by atoms with Crippen LogP contribution in [0.4, 0.5) is 5.69 Å². The summed E-state index contributed by atoms with van der Waals surface area (Å²) in [6.07, 6.45) is 1.14. The van der Waals surface area contributed by atoms with E-state index in [1.165, 1.54) is 0 Å². The Bertz CT molecular complexity index is 432. The Morgan fingerprint density at radius 1 is 1.25 bits per heavy atom. The van der Waals surface area contributed by atoms with E-state index in [9.17, 15) is 4.79 Å². The molecule has 0 spiro atoms. The molecule has 0 atom stereocenters. The molecule has 1 aromatic rings. The lowest BCUT2D eigenvalue weighted by atomic mass is 10.1. The molecule has 0 aromatic heterocycles. The molecule has 0 aliphatic heterocycles. The Kier molecular flexibility index (Phi) is 7.09. The summed E-state index contributed by atoms with van der Waals surface area (Å²) in [6, 6.07) is 5.87. The molecule has 20 heavy (non-hydrogen) atoms. The summed E-state index contributed by atoms with van der Waals surface area (Å²) in [5, 5.41) is 6.07. The quantitative estimate of drug-likeness (QED) is 0.767. The number of anilines is 1. The highest BCUT2D eigenvalue weighted by Crippen LogP contribution is 2.16. The number of rotatable bonds is 8. The summed E-state index contributed by atoms with van der Waals surface area (Å²) in [5.74, 6) is -0.00870. The number of benzene rings is 1. The first-order valence-electron chi connectivity index (χ1n) is 7.41. The minimum atomic E-state index is -0.00870. The van der Waals surface area contributed by atoms with E-state index in [0.29, 0.717) is 12.1 Å². The third kappa shape index (κ3) is 4.85. The van der Waals surface area contributed by atoms with Crippen LogP contribution in [0.25, 0.3) is 0 Å². The van der Waals surface area contributed by atoms with Gasteiger partial charge in [-0.3, -0.25) is 4.79 Å². The molecule has 0 radical (unpaired) electrons. The van der Waals surface area contributed by atoms with Crippen molar-refractivity contribution in [3.05, 3.63) is 29.3 Å². The highest BCUT2D eigenvalue weighted by atomic mass is 16.1. The standard InChI is InChI=1S/C16H27N3O/c1-5-10-19(6-2)11-9-18-16(20)14-12-13(3)7-8-15(14)17-4/h7-8,12,17H,5-6,9-11H2,1-4H3,(H,18,20). The van der Waals surface area contributed by atoms with Gasteiger partial charge in [-0.2, -0.15) is 0 Å². The fourth-order valence-corrected chi connectivity index (χ4v) is 2.23. The van der Waals surface area contributed by atoms with Crippen LogP contribution in [0, 0.1) is 6.92 Å². The molecule has 0 aliphatic rings. The minimum Gasteiger partial charge on any atom is -0.387 e. The second-order valence-corrected chi connectivity index (χ2v) is 4.99. The van der Waals surface area contributed by atoms with Crippen LogP contribution in [-0.4, -0.2) is 44.0 Å². The first-order chi connectivity index (χ1) is 9.62. The number of carbonyl (C=O) groups excluding carboxylic acids is 1. The number of hydrogen-bond acceptors (Lipinski definition) is 3. The average Bonchev–Trinajstić information content (AvgIpc) is 2.46. The normalized spacial score (nSPS) is 10.7. The van der Waals surface area contributed by atoms with Crippen molar-refractivity contribution in [3.8, 4) is 0 Å². The lowest BCUT2D eigenvalue weighted by Gasteiger charge is -2.19. The van der Waals surface area contributed by atoms with Crippen LogP contribution >= 0.6 is 0 Å². The van der Waals surface area contributed by atoms with Crippen molar-refractivity contribution in [2.45, 2.75) is 27.2 Å². The van der Waals surface area contributed by atoms with E-state index in [1.54, 1.807) is 0 Å². The van der Waals surface area contributed by atoms with Crippen molar-refractivity contribution < 1.29 is 4.79 Å². The largest absolute Gasteiger partial charge is 0.387 e. The van der Waals surface area contributed by atoms with Crippen LogP contribution in [-0.2, 0) is 0 Å². The Hall–Kier alpha value is -1.55. The van der Waals surface area contributed by atoms with Gasteiger partial charge in [0.15, 0.2) is 0 Å². The van der Waals surface area contributed by atoms with Gasteiger partial charge in [-0.25, -0.2) is 0 Å². The lowest BCUT2D eigenvalue weighted by molar-refractivity contribution is 0.0949. The molecule has 0 saturated carbocycles. The van der Waals surface area contributed by atoms with Gasteiger partial charge in [0.2, 0.25) is 0 Å². The predicted molar refractivity (Wildman–Crippen MR) is 85.5 cm³/mol. The number of carbonyl (C=O) groups is 1. The second kappa shape index (κ2) is 8.59. The van der Waals surface area contributed by atoms with Gasteiger partial charge in [0.25, 0.3) is 5.91 Å². The van der Waals surface area contributed by atoms with Crippen molar-refractivity contribution in [1.29, 1.82) is 0 Å². The summed E-state index contributed by atoms with van der Waals surface area (Å²) < 4.78 is 0. The number of hydrogen-bond donors (Lipinski definition) is 2. The van der Waals surface area contributed by atoms with Gasteiger partial charge in [-0.15, -0.1) is 0 Å². The first-order valence-corrected chi connectivity index (χ1v) is 7.41. The van der Waals surface area contributed by atoms with E-state index < -0.39 is 0 Å². The average molecular weight is 277 g/mol. The molecule has 112 valence electrons. The van der Waals surface area contributed by atoms with Gasteiger partial charge in [-0.1, -0.05) is 25.5 Å². The van der Waals surface area contributed by atoms with E-state index in [2.05, 4.69) is 29.4 Å². The van der Waals surface area contributed by atoms with Crippen molar-refractivity contribution in [1.82, 2.24) is 10.2 Å². The molecule has 4 nitrogen and oxygen atoms in total. The summed E-state index contributed by atoms with van der Waals surface area (Å²) in [5.41, 5.74) is 2.68. The molecule has 1 rings (SSSR count). The molecule has 1 aromatic carbocycles. The molecule has 0 fully saturated rings. The van der Waals surface area contributed by atoms with Crippen LogP contribution in [0.2, 0.25) is 0 Å². The highest BCUT2D eigenvalue weighted by Gasteiger charge is 2.11. The van der Waals surface area contributed by atoms with E-state index in [4.69, 9.17) is 0 Å². The third-order valence-corrected chi connectivity index (χ3v) is 3.39. The van der Waals surface area contributed by atoms with Crippen molar-refractivity contribution in [3.63, 3.8) is 0 Å². The van der Waals surface area contributed by atoms with E-state index in [0.717, 1.165) is 37.3 Å². The Labute approximate surface area is 122 Å². The predicted octanol–water partition coefficient (Wildman–Crippen LogP) is 2.50. The Balaban J connectivity index is 2.56. The molecular weight excluding hydrogens is 250 g/mol. The van der Waals surface area contributed by atoms with Gasteiger partial charge >= 0.3 is 0 Å². The molecule has 4 heteroatoms. The Morgan fingerprint density at radius 2 is 2.00 bits per heavy atom. The molecule has 0 bridgehead atoms.